The third-order valence-corrected chi connectivity index (χ3v) is 3.37. The van der Waals surface area contributed by atoms with Gasteiger partial charge in [-0.15, -0.1) is 0 Å². The van der Waals surface area contributed by atoms with Gasteiger partial charge in [0.05, 0.1) is 11.7 Å². The Kier molecular flexibility index (Phi) is 4.28. The molecule has 1 aromatic rings. The first-order valence-electron chi connectivity index (χ1n) is 6.39. The minimum atomic E-state index is 0.402. The van der Waals surface area contributed by atoms with E-state index in [1.54, 1.807) is 12.4 Å². The zero-order valence-corrected chi connectivity index (χ0v) is 10.0. The summed E-state index contributed by atoms with van der Waals surface area (Å²) in [5.74, 6) is 0.899. The molecule has 1 fully saturated rings. The predicted octanol–water partition coefficient (Wildman–Crippen LogP) is 2.71. The Hall–Kier alpha value is -0.960. The summed E-state index contributed by atoms with van der Waals surface area (Å²) in [5.41, 5.74) is 1.10. The largest absolute Gasteiger partial charge is 0.309 e. The highest BCUT2D eigenvalue weighted by atomic mass is 14.9. The summed E-state index contributed by atoms with van der Waals surface area (Å²) < 4.78 is 0. The Balaban J connectivity index is 1.95. The SMILES string of the molecule is CCCNC(CC1CCC1)c1cnccn1. The topological polar surface area (TPSA) is 37.8 Å². The molecule has 0 bridgehead atoms. The first kappa shape index (κ1) is 11.5. The molecule has 0 aromatic carbocycles. The molecule has 0 amide bonds. The second kappa shape index (κ2) is 5.94. The average molecular weight is 219 g/mol. The van der Waals surface area contributed by atoms with Crippen molar-refractivity contribution >= 4 is 0 Å². The van der Waals surface area contributed by atoms with E-state index in [1.165, 1.54) is 32.1 Å². The number of hydrogen-bond acceptors (Lipinski definition) is 3. The monoisotopic (exact) mass is 219 g/mol. The van der Waals surface area contributed by atoms with Crippen molar-refractivity contribution in [1.82, 2.24) is 15.3 Å². The van der Waals surface area contributed by atoms with E-state index < -0.39 is 0 Å². The van der Waals surface area contributed by atoms with E-state index in [2.05, 4.69) is 22.2 Å². The van der Waals surface area contributed by atoms with Crippen molar-refractivity contribution in [1.29, 1.82) is 0 Å². The molecule has 0 aliphatic heterocycles. The van der Waals surface area contributed by atoms with Crippen LogP contribution in [0.2, 0.25) is 0 Å². The summed E-state index contributed by atoms with van der Waals surface area (Å²) in [6, 6.07) is 0.402. The zero-order chi connectivity index (χ0) is 11.2. The normalized spacial score (nSPS) is 18.1. The number of nitrogens with one attached hydrogen (secondary N) is 1. The maximum Gasteiger partial charge on any atom is 0.0756 e. The van der Waals surface area contributed by atoms with Crippen LogP contribution in [0.25, 0.3) is 0 Å². The van der Waals surface area contributed by atoms with E-state index in [0.717, 1.165) is 18.2 Å². The fourth-order valence-corrected chi connectivity index (χ4v) is 2.18. The van der Waals surface area contributed by atoms with Gasteiger partial charge in [-0.3, -0.25) is 9.97 Å². The first-order valence-corrected chi connectivity index (χ1v) is 6.39. The maximum atomic E-state index is 4.42. The van der Waals surface area contributed by atoms with Crippen LogP contribution in [0, 0.1) is 5.92 Å². The molecular weight excluding hydrogens is 198 g/mol. The standard InChI is InChI=1S/C13H21N3/c1-2-6-15-12(9-11-4-3-5-11)13-10-14-7-8-16-13/h7-8,10-12,15H,2-6,9H2,1H3. The molecule has 1 unspecified atom stereocenters. The molecule has 88 valence electrons. The minimum Gasteiger partial charge on any atom is -0.309 e. The molecule has 1 atom stereocenters. The van der Waals surface area contributed by atoms with Gasteiger partial charge in [0.1, 0.15) is 0 Å². The molecule has 1 aromatic heterocycles. The van der Waals surface area contributed by atoms with Gasteiger partial charge in [-0.2, -0.15) is 0 Å². The summed E-state index contributed by atoms with van der Waals surface area (Å²) in [7, 11) is 0. The minimum absolute atomic E-state index is 0.402. The molecule has 0 radical (unpaired) electrons. The second-order valence-corrected chi connectivity index (χ2v) is 4.67. The van der Waals surface area contributed by atoms with Crippen LogP contribution in [0.15, 0.2) is 18.6 Å². The predicted molar refractivity (Wildman–Crippen MR) is 65.0 cm³/mol. The molecule has 16 heavy (non-hydrogen) atoms. The van der Waals surface area contributed by atoms with Crippen molar-refractivity contribution in [3.63, 3.8) is 0 Å². The highest BCUT2D eigenvalue weighted by Crippen LogP contribution is 2.34. The molecule has 1 N–H and O–H groups in total. The lowest BCUT2D eigenvalue weighted by molar-refractivity contribution is 0.259. The Morgan fingerprint density at radius 3 is 2.88 bits per heavy atom. The number of nitrogens with zero attached hydrogens (tertiary/aromatic N) is 2. The van der Waals surface area contributed by atoms with E-state index in [1.807, 2.05) is 6.20 Å². The van der Waals surface area contributed by atoms with Crippen molar-refractivity contribution in [2.75, 3.05) is 6.54 Å². The molecule has 3 heteroatoms. The fraction of sp³-hybridized carbons (Fsp3) is 0.692. The third-order valence-electron chi connectivity index (χ3n) is 3.37. The molecule has 0 spiro atoms. The molecule has 0 saturated heterocycles. The van der Waals surface area contributed by atoms with Gasteiger partial charge < -0.3 is 5.32 Å². The number of aromatic nitrogens is 2. The molecule has 1 aliphatic rings. The summed E-state index contributed by atoms with van der Waals surface area (Å²) in [6.45, 7) is 3.26. The van der Waals surface area contributed by atoms with Crippen LogP contribution in [0.1, 0.15) is 50.8 Å². The number of hydrogen-bond donors (Lipinski definition) is 1. The van der Waals surface area contributed by atoms with Gasteiger partial charge in [0, 0.05) is 18.6 Å². The molecule has 3 nitrogen and oxygen atoms in total. The van der Waals surface area contributed by atoms with E-state index in [4.69, 9.17) is 0 Å². The maximum absolute atomic E-state index is 4.42. The van der Waals surface area contributed by atoms with Crippen molar-refractivity contribution in [3.8, 4) is 0 Å². The van der Waals surface area contributed by atoms with E-state index >= 15 is 0 Å². The Labute approximate surface area is 97.7 Å². The molecule has 1 heterocycles. The molecule has 1 saturated carbocycles. The highest BCUT2D eigenvalue weighted by molar-refractivity contribution is 5.03. The van der Waals surface area contributed by atoms with Crippen molar-refractivity contribution in [2.45, 2.75) is 45.1 Å². The Bertz CT molecular complexity index is 295. The number of rotatable bonds is 6. The van der Waals surface area contributed by atoms with Crippen molar-refractivity contribution in [3.05, 3.63) is 24.3 Å². The Morgan fingerprint density at radius 2 is 2.31 bits per heavy atom. The lowest BCUT2D eigenvalue weighted by Gasteiger charge is -2.29. The van der Waals surface area contributed by atoms with E-state index in [0.29, 0.717) is 6.04 Å². The van der Waals surface area contributed by atoms with E-state index in [9.17, 15) is 0 Å². The van der Waals surface area contributed by atoms with Gasteiger partial charge in [0.25, 0.3) is 0 Å². The van der Waals surface area contributed by atoms with E-state index in [-0.39, 0.29) is 0 Å². The van der Waals surface area contributed by atoms with Crippen LogP contribution >= 0.6 is 0 Å². The van der Waals surface area contributed by atoms with Gasteiger partial charge in [-0.1, -0.05) is 26.2 Å². The van der Waals surface area contributed by atoms with Gasteiger partial charge >= 0.3 is 0 Å². The average Bonchev–Trinajstić information content (AvgIpc) is 2.28. The molecule has 2 rings (SSSR count). The summed E-state index contributed by atoms with van der Waals surface area (Å²) in [5, 5.41) is 3.58. The lowest BCUT2D eigenvalue weighted by Crippen LogP contribution is -2.27. The first-order chi connectivity index (χ1) is 7.90. The van der Waals surface area contributed by atoms with Crippen LogP contribution in [-0.2, 0) is 0 Å². The van der Waals surface area contributed by atoms with Gasteiger partial charge in [-0.05, 0) is 25.3 Å². The second-order valence-electron chi connectivity index (χ2n) is 4.67. The van der Waals surface area contributed by atoms with Gasteiger partial charge in [-0.25, -0.2) is 0 Å². The van der Waals surface area contributed by atoms with Crippen LogP contribution in [0.4, 0.5) is 0 Å². The van der Waals surface area contributed by atoms with Gasteiger partial charge in [0.15, 0.2) is 0 Å². The van der Waals surface area contributed by atoms with Crippen LogP contribution in [-0.4, -0.2) is 16.5 Å². The lowest BCUT2D eigenvalue weighted by atomic mass is 9.80. The molecular formula is C13H21N3. The quantitative estimate of drug-likeness (QED) is 0.799. The molecule has 1 aliphatic carbocycles. The van der Waals surface area contributed by atoms with Crippen molar-refractivity contribution < 1.29 is 0 Å². The van der Waals surface area contributed by atoms with Crippen LogP contribution in [0.5, 0.6) is 0 Å². The summed E-state index contributed by atoms with van der Waals surface area (Å²) in [6.07, 6.45) is 12.0. The Morgan fingerprint density at radius 1 is 1.44 bits per heavy atom. The zero-order valence-electron chi connectivity index (χ0n) is 10.0. The highest BCUT2D eigenvalue weighted by Gasteiger charge is 2.23. The van der Waals surface area contributed by atoms with Crippen LogP contribution < -0.4 is 5.32 Å². The van der Waals surface area contributed by atoms with Crippen LogP contribution in [0.3, 0.4) is 0 Å². The van der Waals surface area contributed by atoms with Crippen molar-refractivity contribution in [2.24, 2.45) is 5.92 Å². The smallest absolute Gasteiger partial charge is 0.0756 e. The van der Waals surface area contributed by atoms with Gasteiger partial charge in [0.2, 0.25) is 0 Å². The fourth-order valence-electron chi connectivity index (χ4n) is 2.18. The summed E-state index contributed by atoms with van der Waals surface area (Å²) >= 11 is 0. The summed E-state index contributed by atoms with van der Waals surface area (Å²) in [4.78, 5) is 8.58. The third kappa shape index (κ3) is 3.01.